The number of ether oxygens (including phenoxy) is 3. The molecule has 1 atom stereocenters. The number of carbonyl (C=O) groups excluding carboxylic acids is 1. The van der Waals surface area contributed by atoms with E-state index in [1.807, 2.05) is 18.2 Å². The predicted molar refractivity (Wildman–Crippen MR) is 100 cm³/mol. The number of hydrogen-bond acceptors (Lipinski definition) is 6. The van der Waals surface area contributed by atoms with Crippen molar-refractivity contribution in [1.82, 2.24) is 4.90 Å². The van der Waals surface area contributed by atoms with Crippen LogP contribution in [0.2, 0.25) is 0 Å². The Hall–Kier alpha value is -2.73. The van der Waals surface area contributed by atoms with E-state index >= 15 is 0 Å². The number of phenols is 1. The number of hydrogen-bond donors (Lipinski definition) is 1. The van der Waals surface area contributed by atoms with Gasteiger partial charge in [-0.3, -0.25) is 9.69 Å². The molecule has 0 amide bonds. The zero-order valence-corrected chi connectivity index (χ0v) is 15.7. The number of benzene rings is 2. The fourth-order valence-corrected chi connectivity index (χ4v) is 4.35. The number of fused-ring (bicyclic) bond motifs is 4. The Kier molecular flexibility index (Phi) is 4.44. The topological polar surface area (TPSA) is 68.2 Å². The van der Waals surface area contributed by atoms with Gasteiger partial charge in [-0.05, 0) is 53.3 Å². The van der Waals surface area contributed by atoms with E-state index in [1.54, 1.807) is 14.2 Å². The van der Waals surface area contributed by atoms with E-state index in [9.17, 15) is 9.90 Å². The molecule has 1 N–H and O–H groups in total. The van der Waals surface area contributed by atoms with Crippen molar-refractivity contribution in [3.05, 3.63) is 46.0 Å². The quantitative estimate of drug-likeness (QED) is 0.836. The summed E-state index contributed by atoms with van der Waals surface area (Å²) in [6, 6.07) is 6.07. The summed E-state index contributed by atoms with van der Waals surface area (Å²) in [5.41, 5.74) is 4.69. The molecule has 1 unspecified atom stereocenters. The summed E-state index contributed by atoms with van der Waals surface area (Å²) in [5, 5.41) is 10.4. The fraction of sp³-hybridized carbons (Fsp3) is 0.381. The van der Waals surface area contributed by atoms with Crippen LogP contribution in [0.5, 0.6) is 23.0 Å². The molecule has 0 aliphatic carbocycles. The van der Waals surface area contributed by atoms with Crippen molar-refractivity contribution in [2.24, 2.45) is 0 Å². The molecule has 6 heteroatoms. The highest BCUT2D eigenvalue weighted by Gasteiger charge is 2.35. The highest BCUT2D eigenvalue weighted by molar-refractivity contribution is 5.84. The molecule has 4 rings (SSSR count). The monoisotopic (exact) mass is 369 g/mol. The van der Waals surface area contributed by atoms with E-state index < -0.39 is 0 Å². The summed E-state index contributed by atoms with van der Waals surface area (Å²) in [5.74, 6) is 1.70. The van der Waals surface area contributed by atoms with Crippen molar-refractivity contribution < 1.29 is 24.1 Å². The van der Waals surface area contributed by atoms with Crippen LogP contribution in [0.1, 0.15) is 38.7 Å². The first kappa shape index (κ1) is 17.7. The molecule has 0 aromatic heterocycles. The number of nitrogens with zero attached hydrogens (tertiary/aromatic N) is 1. The molecule has 2 aliphatic heterocycles. The van der Waals surface area contributed by atoms with Crippen LogP contribution in [0.25, 0.3) is 0 Å². The van der Waals surface area contributed by atoms with Crippen LogP contribution >= 0.6 is 0 Å². The molecule has 0 bridgehead atoms. The van der Waals surface area contributed by atoms with Crippen molar-refractivity contribution >= 4 is 6.29 Å². The van der Waals surface area contributed by atoms with Gasteiger partial charge in [0.25, 0.3) is 0 Å². The molecule has 142 valence electrons. The molecule has 0 saturated heterocycles. The smallest absolute Gasteiger partial charge is 0.168 e. The van der Waals surface area contributed by atoms with Crippen LogP contribution in [0.4, 0.5) is 0 Å². The second kappa shape index (κ2) is 6.78. The largest absolute Gasteiger partial charge is 0.504 e. The minimum Gasteiger partial charge on any atom is -0.504 e. The number of methoxy groups -OCH3 is 3. The second-order valence-electron chi connectivity index (χ2n) is 6.94. The van der Waals surface area contributed by atoms with Gasteiger partial charge in [0, 0.05) is 19.1 Å². The molecule has 2 aliphatic rings. The third-order valence-electron chi connectivity index (χ3n) is 5.73. The highest BCUT2D eigenvalue weighted by atomic mass is 16.5. The average molecular weight is 369 g/mol. The lowest BCUT2D eigenvalue weighted by molar-refractivity contribution is 0.111. The van der Waals surface area contributed by atoms with Gasteiger partial charge in [-0.25, -0.2) is 0 Å². The highest BCUT2D eigenvalue weighted by Crippen LogP contribution is 2.45. The lowest BCUT2D eigenvalue weighted by Gasteiger charge is -2.42. The van der Waals surface area contributed by atoms with E-state index in [0.717, 1.165) is 36.1 Å². The molecule has 6 nitrogen and oxygen atoms in total. The Bertz CT molecular complexity index is 908. The zero-order valence-electron chi connectivity index (χ0n) is 15.7. The average Bonchev–Trinajstić information content (AvgIpc) is 2.70. The van der Waals surface area contributed by atoms with E-state index in [2.05, 4.69) is 4.90 Å². The van der Waals surface area contributed by atoms with Crippen molar-refractivity contribution in [1.29, 1.82) is 0 Å². The maximum Gasteiger partial charge on any atom is 0.168 e. The van der Waals surface area contributed by atoms with Gasteiger partial charge in [0.2, 0.25) is 0 Å². The van der Waals surface area contributed by atoms with Crippen LogP contribution in [0, 0.1) is 0 Å². The number of phenolic OH excluding ortho intramolecular Hbond substituents is 1. The van der Waals surface area contributed by atoms with Gasteiger partial charge in [0.15, 0.2) is 29.3 Å². The Morgan fingerprint density at radius 1 is 1.04 bits per heavy atom. The van der Waals surface area contributed by atoms with Gasteiger partial charge >= 0.3 is 0 Å². The number of rotatable bonds is 4. The number of aromatic hydroxyl groups is 1. The molecule has 27 heavy (non-hydrogen) atoms. The maximum absolute atomic E-state index is 11.7. The molecule has 0 fully saturated rings. The first-order chi connectivity index (χ1) is 13.1. The van der Waals surface area contributed by atoms with Gasteiger partial charge in [0.1, 0.15) is 0 Å². The fourth-order valence-electron chi connectivity index (χ4n) is 4.35. The Labute approximate surface area is 158 Å². The van der Waals surface area contributed by atoms with Crippen LogP contribution in [0.3, 0.4) is 0 Å². The number of aldehydes is 1. The first-order valence-electron chi connectivity index (χ1n) is 8.97. The summed E-state index contributed by atoms with van der Waals surface area (Å²) in [4.78, 5) is 14.1. The molecule has 2 aromatic carbocycles. The van der Waals surface area contributed by atoms with E-state index in [0.29, 0.717) is 30.0 Å². The minimum absolute atomic E-state index is 0.0805. The van der Waals surface area contributed by atoms with Gasteiger partial charge in [-0.15, -0.1) is 0 Å². The van der Waals surface area contributed by atoms with Gasteiger partial charge in [-0.1, -0.05) is 0 Å². The van der Waals surface area contributed by atoms with Crippen LogP contribution in [0.15, 0.2) is 18.2 Å². The Morgan fingerprint density at radius 3 is 2.37 bits per heavy atom. The number of carbonyl (C=O) groups is 1. The third kappa shape index (κ3) is 2.72. The van der Waals surface area contributed by atoms with E-state index in [4.69, 9.17) is 14.2 Å². The molecule has 0 saturated carbocycles. The Morgan fingerprint density at radius 2 is 1.70 bits per heavy atom. The summed E-state index contributed by atoms with van der Waals surface area (Å²) in [6.45, 7) is 1.64. The van der Waals surface area contributed by atoms with Crippen LogP contribution in [-0.4, -0.2) is 44.2 Å². The van der Waals surface area contributed by atoms with Crippen LogP contribution in [-0.2, 0) is 19.4 Å². The van der Waals surface area contributed by atoms with E-state index in [1.165, 1.54) is 18.2 Å². The summed E-state index contributed by atoms with van der Waals surface area (Å²) in [6.07, 6.45) is 2.31. The van der Waals surface area contributed by atoms with Gasteiger partial charge in [0.05, 0.1) is 26.9 Å². The van der Waals surface area contributed by atoms with Gasteiger partial charge < -0.3 is 19.3 Å². The molecular weight excluding hydrogens is 346 g/mol. The zero-order chi connectivity index (χ0) is 19.1. The Balaban J connectivity index is 1.82. The summed E-state index contributed by atoms with van der Waals surface area (Å²) in [7, 11) is 4.77. The molecular formula is C21H23NO5. The van der Waals surface area contributed by atoms with Crippen molar-refractivity contribution in [3.63, 3.8) is 0 Å². The maximum atomic E-state index is 11.7. The molecule has 2 heterocycles. The third-order valence-corrected chi connectivity index (χ3v) is 5.73. The molecule has 0 spiro atoms. The predicted octanol–water partition coefficient (Wildman–Crippen LogP) is 2.89. The lowest BCUT2D eigenvalue weighted by Crippen LogP contribution is -2.39. The molecule has 0 radical (unpaired) electrons. The summed E-state index contributed by atoms with van der Waals surface area (Å²) < 4.78 is 16.2. The van der Waals surface area contributed by atoms with Crippen LogP contribution < -0.4 is 14.2 Å². The van der Waals surface area contributed by atoms with Crippen molar-refractivity contribution in [2.75, 3.05) is 27.9 Å². The minimum atomic E-state index is -0.0805. The normalized spacial score (nSPS) is 18.1. The van der Waals surface area contributed by atoms with Gasteiger partial charge in [-0.2, -0.15) is 0 Å². The summed E-state index contributed by atoms with van der Waals surface area (Å²) >= 11 is 0. The standard InChI is InChI=1S/C21H23NO5/c1-25-18-6-12-4-5-22-10-13-7-20(27-3)21(24)16(11-23)14(13)8-17(22)15(12)9-19(18)26-2/h6-7,9,11,17,24H,4-5,8,10H2,1-3H3. The van der Waals surface area contributed by atoms with Crippen molar-refractivity contribution in [2.45, 2.75) is 25.4 Å². The van der Waals surface area contributed by atoms with Crippen molar-refractivity contribution in [3.8, 4) is 23.0 Å². The van der Waals surface area contributed by atoms with E-state index in [-0.39, 0.29) is 11.8 Å². The second-order valence-corrected chi connectivity index (χ2v) is 6.94. The molecule has 2 aromatic rings. The SMILES string of the molecule is COc1cc2c(cc1OC)C1Cc3c(cc(OC)c(O)c3C=O)CN1CC2. The lowest BCUT2D eigenvalue weighted by atomic mass is 9.82. The first-order valence-corrected chi connectivity index (χ1v) is 8.97.